The minimum Gasteiger partial charge on any atom is -0.490 e. The van der Waals surface area contributed by atoms with E-state index < -0.39 is 11.7 Å². The summed E-state index contributed by atoms with van der Waals surface area (Å²) in [6.07, 6.45) is 1.21. The number of fused-ring (bicyclic) bond motifs is 1. The van der Waals surface area contributed by atoms with E-state index in [0.717, 1.165) is 34.5 Å². The first-order chi connectivity index (χ1) is 16.1. The van der Waals surface area contributed by atoms with Crippen molar-refractivity contribution in [1.82, 2.24) is 14.7 Å². The van der Waals surface area contributed by atoms with Crippen molar-refractivity contribution < 1.29 is 14.3 Å². The molecule has 1 aliphatic carbocycles. The summed E-state index contributed by atoms with van der Waals surface area (Å²) in [5.41, 5.74) is 3.97. The van der Waals surface area contributed by atoms with Crippen LogP contribution in [0.5, 0.6) is 5.75 Å². The summed E-state index contributed by atoms with van der Waals surface area (Å²) in [4.78, 5) is 17.1. The summed E-state index contributed by atoms with van der Waals surface area (Å²) in [7, 11) is 0. The smallest absolute Gasteiger partial charge is 0.408 e. The zero-order valence-electron chi connectivity index (χ0n) is 20.0. The van der Waals surface area contributed by atoms with Gasteiger partial charge in [-0.25, -0.2) is 9.78 Å². The van der Waals surface area contributed by atoms with Crippen LogP contribution in [0.1, 0.15) is 63.8 Å². The van der Waals surface area contributed by atoms with E-state index in [4.69, 9.17) is 14.5 Å². The predicted octanol–water partition coefficient (Wildman–Crippen LogP) is 6.04. The van der Waals surface area contributed by atoms with Gasteiger partial charge in [-0.1, -0.05) is 18.2 Å². The fourth-order valence-corrected chi connectivity index (χ4v) is 4.75. The van der Waals surface area contributed by atoms with Gasteiger partial charge in [0.1, 0.15) is 22.4 Å². The molecule has 1 heterocycles. The van der Waals surface area contributed by atoms with Gasteiger partial charge in [-0.2, -0.15) is 9.64 Å². The first-order valence-corrected chi connectivity index (χ1v) is 12.1. The van der Waals surface area contributed by atoms with E-state index in [-0.39, 0.29) is 12.1 Å². The number of carbonyl (C=O) groups is 1. The molecular weight excluding hydrogens is 448 g/mol. The number of ether oxygens (including phenoxy) is 2. The first-order valence-electron chi connectivity index (χ1n) is 11.3. The third-order valence-corrected chi connectivity index (χ3v) is 6.09. The van der Waals surface area contributed by atoms with E-state index in [2.05, 4.69) is 15.8 Å². The molecule has 1 atom stereocenters. The highest BCUT2D eigenvalue weighted by atomic mass is 32.1. The molecule has 0 radical (unpaired) electrons. The molecule has 1 amide bonds. The topological polar surface area (TPSA) is 97.1 Å². The SMILES string of the molecule is CC(C)Oc1ccc(-c2nsc(-c3cccc4c3CC[C@@H]4NC(=O)OC(C)(C)C)n2)cc1C#N. The summed E-state index contributed by atoms with van der Waals surface area (Å²) in [5.74, 6) is 1.13. The number of alkyl carbamates (subject to hydrolysis) is 1. The van der Waals surface area contributed by atoms with Crippen LogP contribution in [-0.2, 0) is 11.2 Å². The molecule has 0 spiro atoms. The molecule has 1 aliphatic rings. The van der Waals surface area contributed by atoms with Gasteiger partial charge in [-0.15, -0.1) is 0 Å². The molecule has 1 N–H and O–H groups in total. The van der Waals surface area contributed by atoms with Crippen molar-refractivity contribution in [2.24, 2.45) is 0 Å². The van der Waals surface area contributed by atoms with Crippen molar-refractivity contribution in [3.8, 4) is 33.8 Å². The number of hydrogen-bond acceptors (Lipinski definition) is 7. The molecular formula is C26H28N4O3S. The quantitative estimate of drug-likeness (QED) is 0.482. The number of benzene rings is 2. The second-order valence-corrected chi connectivity index (χ2v) is 10.3. The van der Waals surface area contributed by atoms with Gasteiger partial charge in [0.05, 0.1) is 17.7 Å². The number of nitriles is 1. The lowest BCUT2D eigenvalue weighted by Gasteiger charge is -2.22. The number of aromatic nitrogens is 2. The minimum absolute atomic E-state index is 0.0178. The number of amides is 1. The standard InChI is InChI=1S/C26H28N4O3S/c1-15(2)32-22-12-9-16(13-17(22)14-27)23-29-24(34-30-23)20-8-6-7-19-18(20)10-11-21(19)28-25(31)33-26(3,4)5/h6-9,12-13,15,21H,10-11H2,1-5H3,(H,28,31)/t21-/m0/s1. The van der Waals surface area contributed by atoms with E-state index in [0.29, 0.717) is 17.1 Å². The highest BCUT2D eigenvalue weighted by Gasteiger charge is 2.29. The lowest BCUT2D eigenvalue weighted by molar-refractivity contribution is 0.0503. The molecule has 2 aromatic carbocycles. The third kappa shape index (κ3) is 5.20. The molecule has 7 nitrogen and oxygen atoms in total. The second-order valence-electron chi connectivity index (χ2n) is 9.52. The Morgan fingerprint density at radius 1 is 1.26 bits per heavy atom. The first kappa shape index (κ1) is 23.7. The lowest BCUT2D eigenvalue weighted by Crippen LogP contribution is -2.34. The van der Waals surface area contributed by atoms with Crippen molar-refractivity contribution in [1.29, 1.82) is 5.26 Å². The summed E-state index contributed by atoms with van der Waals surface area (Å²) in [6, 6.07) is 13.6. The average Bonchev–Trinajstić information content (AvgIpc) is 3.40. The van der Waals surface area contributed by atoms with Crippen LogP contribution in [-0.4, -0.2) is 27.2 Å². The minimum atomic E-state index is -0.541. The Morgan fingerprint density at radius 3 is 2.76 bits per heavy atom. The van der Waals surface area contributed by atoms with Gasteiger partial charge < -0.3 is 14.8 Å². The molecule has 0 fully saturated rings. The molecule has 3 aromatic rings. The molecule has 0 saturated heterocycles. The Hall–Kier alpha value is -3.44. The van der Waals surface area contributed by atoms with Crippen molar-refractivity contribution >= 4 is 17.6 Å². The highest BCUT2D eigenvalue weighted by molar-refractivity contribution is 7.09. The van der Waals surface area contributed by atoms with E-state index in [1.54, 1.807) is 12.1 Å². The van der Waals surface area contributed by atoms with Crippen LogP contribution in [0, 0.1) is 11.3 Å². The number of nitrogens with one attached hydrogen (secondary N) is 1. The van der Waals surface area contributed by atoms with Crippen molar-refractivity contribution in [2.45, 2.75) is 65.2 Å². The molecule has 4 rings (SSSR count). The van der Waals surface area contributed by atoms with Crippen LogP contribution in [0.3, 0.4) is 0 Å². The summed E-state index contributed by atoms with van der Waals surface area (Å²) >= 11 is 1.33. The summed E-state index contributed by atoms with van der Waals surface area (Å²) in [5, 5.41) is 13.3. The Balaban J connectivity index is 1.58. The molecule has 0 bridgehead atoms. The maximum absolute atomic E-state index is 12.3. The average molecular weight is 477 g/mol. The maximum atomic E-state index is 12.3. The Kier molecular flexibility index (Phi) is 6.58. The van der Waals surface area contributed by atoms with Gasteiger partial charge in [0, 0.05) is 11.1 Å². The Morgan fingerprint density at radius 2 is 2.06 bits per heavy atom. The monoisotopic (exact) mass is 476 g/mol. The van der Waals surface area contributed by atoms with Crippen LogP contribution >= 0.6 is 11.5 Å². The van der Waals surface area contributed by atoms with Crippen molar-refractivity contribution in [3.63, 3.8) is 0 Å². The zero-order valence-corrected chi connectivity index (χ0v) is 20.8. The Labute approximate surface area is 203 Å². The van der Waals surface area contributed by atoms with Crippen molar-refractivity contribution in [2.75, 3.05) is 0 Å². The number of carbonyl (C=O) groups excluding carboxylic acids is 1. The Bertz CT molecular complexity index is 1250. The number of hydrogen-bond donors (Lipinski definition) is 1. The molecule has 0 saturated carbocycles. The normalized spacial score (nSPS) is 15.0. The molecule has 8 heteroatoms. The zero-order chi connectivity index (χ0) is 24.5. The van der Waals surface area contributed by atoms with Crippen molar-refractivity contribution in [3.05, 3.63) is 53.1 Å². The van der Waals surface area contributed by atoms with Gasteiger partial charge in [0.2, 0.25) is 0 Å². The van der Waals surface area contributed by atoms with Crippen LogP contribution < -0.4 is 10.1 Å². The largest absolute Gasteiger partial charge is 0.490 e. The van der Waals surface area contributed by atoms with Crippen LogP contribution in [0.4, 0.5) is 4.79 Å². The molecule has 34 heavy (non-hydrogen) atoms. The lowest BCUT2D eigenvalue weighted by atomic mass is 10.0. The number of nitrogens with zero attached hydrogens (tertiary/aromatic N) is 3. The number of rotatable bonds is 5. The summed E-state index contributed by atoms with van der Waals surface area (Å²) in [6.45, 7) is 9.41. The highest BCUT2D eigenvalue weighted by Crippen LogP contribution is 2.39. The van der Waals surface area contributed by atoms with Crippen LogP contribution in [0.25, 0.3) is 22.0 Å². The van der Waals surface area contributed by atoms with Crippen LogP contribution in [0.15, 0.2) is 36.4 Å². The van der Waals surface area contributed by atoms with Gasteiger partial charge in [-0.3, -0.25) is 0 Å². The van der Waals surface area contributed by atoms with Gasteiger partial charge in [0.15, 0.2) is 5.82 Å². The van der Waals surface area contributed by atoms with E-state index in [1.165, 1.54) is 17.1 Å². The molecule has 0 unspecified atom stereocenters. The predicted molar refractivity (Wildman–Crippen MR) is 132 cm³/mol. The van der Waals surface area contributed by atoms with Gasteiger partial charge >= 0.3 is 6.09 Å². The fraction of sp³-hybridized carbons (Fsp3) is 0.385. The van der Waals surface area contributed by atoms with E-state index in [9.17, 15) is 10.1 Å². The van der Waals surface area contributed by atoms with E-state index >= 15 is 0 Å². The summed E-state index contributed by atoms with van der Waals surface area (Å²) < 4.78 is 15.7. The van der Waals surface area contributed by atoms with Gasteiger partial charge in [0.25, 0.3) is 0 Å². The van der Waals surface area contributed by atoms with E-state index in [1.807, 2.05) is 58.9 Å². The third-order valence-electron chi connectivity index (χ3n) is 5.34. The molecule has 1 aromatic heterocycles. The molecule has 0 aliphatic heterocycles. The fourth-order valence-electron chi connectivity index (χ4n) is 4.02. The maximum Gasteiger partial charge on any atom is 0.408 e. The molecule has 176 valence electrons. The second kappa shape index (κ2) is 9.43. The van der Waals surface area contributed by atoms with Crippen LogP contribution in [0.2, 0.25) is 0 Å². The van der Waals surface area contributed by atoms with Gasteiger partial charge in [-0.05, 0) is 88.3 Å².